The SMILES string of the molecule is O=C(CCc1cccc(Br)c1)Nn1cnc2ccccc21. The molecule has 1 heterocycles. The smallest absolute Gasteiger partial charge is 0.239 e. The number of aromatic nitrogens is 2. The van der Waals surface area contributed by atoms with Crippen molar-refractivity contribution < 1.29 is 4.79 Å². The molecule has 3 aromatic rings. The maximum atomic E-state index is 12.0. The lowest BCUT2D eigenvalue weighted by atomic mass is 10.1. The second-order valence-electron chi connectivity index (χ2n) is 4.77. The van der Waals surface area contributed by atoms with Crippen LogP contribution in [-0.2, 0) is 11.2 Å². The Morgan fingerprint density at radius 3 is 2.90 bits per heavy atom. The number of carbonyl (C=O) groups is 1. The number of amides is 1. The number of rotatable bonds is 4. The Labute approximate surface area is 130 Å². The zero-order valence-corrected chi connectivity index (χ0v) is 12.9. The number of benzene rings is 2. The first-order valence-corrected chi connectivity index (χ1v) is 7.48. The van der Waals surface area contributed by atoms with E-state index in [2.05, 4.69) is 26.3 Å². The van der Waals surface area contributed by atoms with Crippen molar-refractivity contribution in [2.45, 2.75) is 12.8 Å². The molecule has 4 nitrogen and oxygen atoms in total. The normalized spacial score (nSPS) is 10.7. The van der Waals surface area contributed by atoms with Crippen molar-refractivity contribution in [1.82, 2.24) is 9.66 Å². The van der Waals surface area contributed by atoms with Crippen molar-refractivity contribution in [3.8, 4) is 0 Å². The lowest BCUT2D eigenvalue weighted by Crippen LogP contribution is -2.22. The molecule has 21 heavy (non-hydrogen) atoms. The third-order valence-electron chi connectivity index (χ3n) is 3.23. The molecule has 0 aliphatic heterocycles. The molecule has 0 radical (unpaired) electrons. The number of para-hydroxylation sites is 2. The largest absolute Gasteiger partial charge is 0.273 e. The van der Waals surface area contributed by atoms with Crippen LogP contribution in [0.15, 0.2) is 59.3 Å². The average Bonchev–Trinajstić information content (AvgIpc) is 2.89. The standard InChI is InChI=1S/C16H14BrN3O/c17-13-5-3-4-12(10-13)8-9-16(21)19-20-11-18-14-6-1-2-7-15(14)20/h1-7,10-11H,8-9H2,(H,19,21). The number of hydrogen-bond donors (Lipinski definition) is 1. The summed E-state index contributed by atoms with van der Waals surface area (Å²) in [5.41, 5.74) is 5.75. The molecule has 1 amide bonds. The molecule has 0 spiro atoms. The summed E-state index contributed by atoms with van der Waals surface area (Å²) in [6.07, 6.45) is 2.77. The highest BCUT2D eigenvalue weighted by atomic mass is 79.9. The lowest BCUT2D eigenvalue weighted by molar-refractivity contribution is -0.117. The van der Waals surface area contributed by atoms with Crippen LogP contribution in [0.4, 0.5) is 0 Å². The van der Waals surface area contributed by atoms with Gasteiger partial charge in [-0.3, -0.25) is 10.2 Å². The summed E-state index contributed by atoms with van der Waals surface area (Å²) in [4.78, 5) is 16.3. The molecule has 0 saturated carbocycles. The number of imidazole rings is 1. The van der Waals surface area contributed by atoms with Crippen LogP contribution in [-0.4, -0.2) is 15.6 Å². The number of nitrogens with zero attached hydrogens (tertiary/aromatic N) is 2. The highest BCUT2D eigenvalue weighted by Crippen LogP contribution is 2.13. The zero-order chi connectivity index (χ0) is 14.7. The molecule has 0 aliphatic rings. The minimum absolute atomic E-state index is 0.0295. The van der Waals surface area contributed by atoms with Gasteiger partial charge in [0.1, 0.15) is 6.33 Å². The summed E-state index contributed by atoms with van der Waals surface area (Å²) in [6.45, 7) is 0. The molecule has 0 saturated heterocycles. The van der Waals surface area contributed by atoms with E-state index in [1.165, 1.54) is 0 Å². The van der Waals surface area contributed by atoms with E-state index in [0.717, 1.165) is 21.1 Å². The van der Waals surface area contributed by atoms with E-state index >= 15 is 0 Å². The molecule has 0 bridgehead atoms. The van der Waals surface area contributed by atoms with Crippen molar-refractivity contribution in [3.63, 3.8) is 0 Å². The summed E-state index contributed by atoms with van der Waals surface area (Å²) in [5.74, 6) is -0.0295. The molecular formula is C16H14BrN3O. The van der Waals surface area contributed by atoms with E-state index in [4.69, 9.17) is 0 Å². The average molecular weight is 344 g/mol. The van der Waals surface area contributed by atoms with Crippen molar-refractivity contribution in [3.05, 3.63) is 64.9 Å². The minimum Gasteiger partial charge on any atom is -0.273 e. The van der Waals surface area contributed by atoms with Gasteiger partial charge in [0.15, 0.2) is 0 Å². The monoisotopic (exact) mass is 343 g/mol. The zero-order valence-electron chi connectivity index (χ0n) is 11.3. The molecule has 0 unspecified atom stereocenters. The van der Waals surface area contributed by atoms with Crippen molar-refractivity contribution >= 4 is 32.9 Å². The Balaban J connectivity index is 1.64. The number of hydrogen-bond acceptors (Lipinski definition) is 2. The predicted octanol–water partition coefficient (Wildman–Crippen LogP) is 3.50. The molecule has 3 rings (SSSR count). The van der Waals surface area contributed by atoms with Crippen LogP contribution < -0.4 is 5.43 Å². The molecule has 0 aliphatic carbocycles. The predicted molar refractivity (Wildman–Crippen MR) is 86.6 cm³/mol. The van der Waals surface area contributed by atoms with Gasteiger partial charge in [0.2, 0.25) is 5.91 Å². The van der Waals surface area contributed by atoms with Gasteiger partial charge in [-0.25, -0.2) is 9.66 Å². The molecule has 2 aromatic carbocycles. The van der Waals surface area contributed by atoms with Gasteiger partial charge in [-0.2, -0.15) is 0 Å². The quantitative estimate of drug-likeness (QED) is 0.787. The first-order chi connectivity index (χ1) is 10.2. The van der Waals surface area contributed by atoms with Crippen LogP contribution in [0, 0.1) is 0 Å². The van der Waals surface area contributed by atoms with E-state index in [1.807, 2.05) is 48.5 Å². The fourth-order valence-electron chi connectivity index (χ4n) is 2.19. The van der Waals surface area contributed by atoms with Crippen LogP contribution in [0.25, 0.3) is 11.0 Å². The summed E-state index contributed by atoms with van der Waals surface area (Å²) in [5, 5.41) is 0. The summed E-state index contributed by atoms with van der Waals surface area (Å²) in [7, 11) is 0. The molecule has 5 heteroatoms. The first-order valence-electron chi connectivity index (χ1n) is 6.69. The first kappa shape index (κ1) is 13.8. The van der Waals surface area contributed by atoms with Crippen molar-refractivity contribution in [1.29, 1.82) is 0 Å². The Morgan fingerprint density at radius 2 is 2.05 bits per heavy atom. The second kappa shape index (κ2) is 6.10. The second-order valence-corrected chi connectivity index (χ2v) is 5.68. The van der Waals surface area contributed by atoms with Crippen molar-refractivity contribution in [2.24, 2.45) is 0 Å². The summed E-state index contributed by atoms with van der Waals surface area (Å²) in [6, 6.07) is 15.7. The van der Waals surface area contributed by atoms with Crippen molar-refractivity contribution in [2.75, 3.05) is 5.43 Å². The van der Waals surface area contributed by atoms with Crippen LogP contribution in [0.3, 0.4) is 0 Å². The van der Waals surface area contributed by atoms with Gasteiger partial charge in [-0.15, -0.1) is 0 Å². The molecule has 0 atom stereocenters. The van der Waals surface area contributed by atoms with E-state index in [0.29, 0.717) is 12.8 Å². The summed E-state index contributed by atoms with van der Waals surface area (Å²) < 4.78 is 2.69. The van der Waals surface area contributed by atoms with Gasteiger partial charge >= 0.3 is 0 Å². The Hall–Kier alpha value is -2.14. The Kier molecular flexibility index (Phi) is 4.01. The number of fused-ring (bicyclic) bond motifs is 1. The highest BCUT2D eigenvalue weighted by molar-refractivity contribution is 9.10. The maximum Gasteiger partial charge on any atom is 0.239 e. The molecule has 1 aromatic heterocycles. The molecule has 0 fully saturated rings. The fraction of sp³-hybridized carbons (Fsp3) is 0.125. The molecule has 106 valence electrons. The van der Waals surface area contributed by atoms with Gasteiger partial charge in [0.05, 0.1) is 11.0 Å². The third-order valence-corrected chi connectivity index (χ3v) is 3.72. The Bertz CT molecular complexity index is 782. The van der Waals surface area contributed by atoms with Crippen LogP contribution in [0.1, 0.15) is 12.0 Å². The Morgan fingerprint density at radius 1 is 1.19 bits per heavy atom. The van der Waals surface area contributed by atoms with Crippen LogP contribution >= 0.6 is 15.9 Å². The third kappa shape index (κ3) is 3.31. The van der Waals surface area contributed by atoms with E-state index in [-0.39, 0.29) is 5.91 Å². The molecule has 1 N–H and O–H groups in total. The fourth-order valence-corrected chi connectivity index (χ4v) is 2.64. The van der Waals surface area contributed by atoms with Gasteiger partial charge in [-0.1, -0.05) is 40.2 Å². The van der Waals surface area contributed by atoms with Crippen LogP contribution in [0.2, 0.25) is 0 Å². The van der Waals surface area contributed by atoms with E-state index in [1.54, 1.807) is 11.0 Å². The topological polar surface area (TPSA) is 46.9 Å². The molecular weight excluding hydrogens is 330 g/mol. The van der Waals surface area contributed by atoms with Gasteiger partial charge in [0.25, 0.3) is 0 Å². The number of halogens is 1. The number of aryl methyl sites for hydroxylation is 1. The summed E-state index contributed by atoms with van der Waals surface area (Å²) >= 11 is 3.43. The highest BCUT2D eigenvalue weighted by Gasteiger charge is 2.06. The van der Waals surface area contributed by atoms with E-state index < -0.39 is 0 Å². The number of carbonyl (C=O) groups excluding carboxylic acids is 1. The van der Waals surface area contributed by atoms with E-state index in [9.17, 15) is 4.79 Å². The van der Waals surface area contributed by atoms with Gasteiger partial charge in [-0.05, 0) is 36.2 Å². The minimum atomic E-state index is -0.0295. The van der Waals surface area contributed by atoms with Gasteiger partial charge in [0, 0.05) is 10.9 Å². The maximum absolute atomic E-state index is 12.0. The lowest BCUT2D eigenvalue weighted by Gasteiger charge is -2.07. The van der Waals surface area contributed by atoms with Gasteiger partial charge < -0.3 is 0 Å². The van der Waals surface area contributed by atoms with Crippen LogP contribution in [0.5, 0.6) is 0 Å². The number of nitrogens with one attached hydrogen (secondary N) is 1.